The second kappa shape index (κ2) is 4.72. The number of oxazole rings is 1. The highest BCUT2D eigenvalue weighted by molar-refractivity contribution is 6.42. The number of aryl methyl sites for hydroxylation is 1. The summed E-state index contributed by atoms with van der Waals surface area (Å²) in [6.07, 6.45) is 0. The summed E-state index contributed by atoms with van der Waals surface area (Å²) in [5.41, 5.74) is 2.13. The molecule has 0 aliphatic carbocycles. The molecule has 0 saturated carbocycles. The molecular weight excluding hydrogens is 285 g/mol. The zero-order valence-electron chi connectivity index (χ0n) is 9.95. The number of nitrogens with one attached hydrogen (secondary N) is 1. The number of hydrogen-bond donors (Lipinski definition) is 1. The molecule has 0 aliphatic rings. The number of rotatable bonds is 2. The minimum absolute atomic E-state index is 0.353. The largest absolute Gasteiger partial charge is 0.423 e. The van der Waals surface area contributed by atoms with E-state index in [0.29, 0.717) is 33.0 Å². The molecule has 0 spiro atoms. The number of anilines is 2. The summed E-state index contributed by atoms with van der Waals surface area (Å²) >= 11 is 11.9. The summed E-state index contributed by atoms with van der Waals surface area (Å²) in [6.45, 7) is 1.91. The molecule has 0 fully saturated rings. The van der Waals surface area contributed by atoms with Crippen molar-refractivity contribution in [1.82, 2.24) is 9.97 Å². The van der Waals surface area contributed by atoms with Crippen molar-refractivity contribution in [3.8, 4) is 0 Å². The van der Waals surface area contributed by atoms with Gasteiger partial charge in [-0.05, 0) is 25.1 Å². The molecule has 6 heteroatoms. The highest BCUT2D eigenvalue weighted by Crippen LogP contribution is 2.29. The van der Waals surface area contributed by atoms with Gasteiger partial charge in [-0.3, -0.25) is 5.32 Å². The Hall–Kier alpha value is -1.78. The highest BCUT2D eigenvalue weighted by Gasteiger charge is 2.09. The third-order valence-corrected chi connectivity index (χ3v) is 3.28. The Bertz CT molecular complexity index is 716. The lowest BCUT2D eigenvalue weighted by atomic mass is 10.3. The fourth-order valence-corrected chi connectivity index (χ4v) is 2.01. The number of benzene rings is 1. The smallest absolute Gasteiger partial charge is 0.301 e. The monoisotopic (exact) mass is 293 g/mol. The number of aromatic nitrogens is 2. The molecule has 0 unspecified atom stereocenters. The molecule has 0 amide bonds. The zero-order valence-corrected chi connectivity index (χ0v) is 11.5. The van der Waals surface area contributed by atoms with Gasteiger partial charge in [-0.1, -0.05) is 29.3 Å². The van der Waals surface area contributed by atoms with Crippen molar-refractivity contribution in [3.63, 3.8) is 0 Å². The maximum absolute atomic E-state index is 5.93. The molecular formula is C13H9Cl2N3O. The van der Waals surface area contributed by atoms with E-state index in [4.69, 9.17) is 27.6 Å². The Balaban J connectivity index is 1.97. The fourth-order valence-electron chi connectivity index (χ4n) is 1.70. The summed E-state index contributed by atoms with van der Waals surface area (Å²) in [6, 6.07) is 9.31. The molecule has 19 heavy (non-hydrogen) atoms. The van der Waals surface area contributed by atoms with E-state index in [1.807, 2.05) is 25.1 Å². The Morgan fingerprint density at radius 1 is 1.11 bits per heavy atom. The fraction of sp³-hybridized carbons (Fsp3) is 0.0769. The van der Waals surface area contributed by atoms with Crippen molar-refractivity contribution in [2.24, 2.45) is 0 Å². The highest BCUT2D eigenvalue weighted by atomic mass is 35.5. The second-order valence-electron chi connectivity index (χ2n) is 4.04. The Morgan fingerprint density at radius 2 is 1.89 bits per heavy atom. The summed E-state index contributed by atoms with van der Waals surface area (Å²) in [4.78, 5) is 8.59. The van der Waals surface area contributed by atoms with E-state index in [0.717, 1.165) is 5.69 Å². The normalized spacial score (nSPS) is 10.9. The van der Waals surface area contributed by atoms with Crippen LogP contribution in [0.25, 0.3) is 11.1 Å². The van der Waals surface area contributed by atoms with E-state index in [2.05, 4.69) is 15.3 Å². The first-order valence-corrected chi connectivity index (χ1v) is 6.34. The molecule has 96 valence electrons. The quantitative estimate of drug-likeness (QED) is 0.751. The summed E-state index contributed by atoms with van der Waals surface area (Å²) in [5.74, 6) is 0.670. The van der Waals surface area contributed by atoms with Gasteiger partial charge in [0, 0.05) is 11.8 Å². The van der Waals surface area contributed by atoms with Crippen LogP contribution in [-0.2, 0) is 0 Å². The van der Waals surface area contributed by atoms with Crippen LogP contribution >= 0.6 is 23.2 Å². The third kappa shape index (κ3) is 2.50. The van der Waals surface area contributed by atoms with Crippen LogP contribution in [0.5, 0.6) is 0 Å². The molecule has 4 nitrogen and oxygen atoms in total. The SMILES string of the molecule is Cc1cccc(Nc2nc3cc(Cl)c(Cl)cc3o2)n1. The van der Waals surface area contributed by atoms with Gasteiger partial charge in [-0.2, -0.15) is 4.98 Å². The third-order valence-electron chi connectivity index (χ3n) is 2.55. The minimum Gasteiger partial charge on any atom is -0.423 e. The van der Waals surface area contributed by atoms with E-state index in [9.17, 15) is 0 Å². The van der Waals surface area contributed by atoms with E-state index < -0.39 is 0 Å². The number of hydrogen-bond acceptors (Lipinski definition) is 4. The Labute approximate surface area is 119 Å². The lowest BCUT2D eigenvalue weighted by Gasteiger charge is -2.00. The molecule has 2 aromatic heterocycles. The van der Waals surface area contributed by atoms with Gasteiger partial charge in [0.25, 0.3) is 0 Å². The summed E-state index contributed by atoms with van der Waals surface area (Å²) < 4.78 is 5.54. The molecule has 3 aromatic rings. The van der Waals surface area contributed by atoms with Crippen molar-refractivity contribution in [2.75, 3.05) is 5.32 Å². The maximum Gasteiger partial charge on any atom is 0.301 e. The molecule has 0 saturated heterocycles. The molecule has 1 N–H and O–H groups in total. The van der Waals surface area contributed by atoms with E-state index >= 15 is 0 Å². The van der Waals surface area contributed by atoms with E-state index in [-0.39, 0.29) is 0 Å². The number of halogens is 2. The van der Waals surface area contributed by atoms with Crippen molar-refractivity contribution >= 4 is 46.1 Å². The molecule has 2 heterocycles. The average Bonchev–Trinajstić information content (AvgIpc) is 2.71. The van der Waals surface area contributed by atoms with Gasteiger partial charge in [0.2, 0.25) is 0 Å². The van der Waals surface area contributed by atoms with Gasteiger partial charge in [0.05, 0.1) is 10.0 Å². The summed E-state index contributed by atoms with van der Waals surface area (Å²) in [7, 11) is 0. The van der Waals surface area contributed by atoms with Gasteiger partial charge < -0.3 is 4.42 Å². The lowest BCUT2D eigenvalue weighted by Crippen LogP contribution is -1.94. The summed E-state index contributed by atoms with van der Waals surface area (Å²) in [5, 5.41) is 3.88. The van der Waals surface area contributed by atoms with Gasteiger partial charge in [0.1, 0.15) is 11.3 Å². The molecule has 0 radical (unpaired) electrons. The molecule has 0 aliphatic heterocycles. The van der Waals surface area contributed by atoms with Gasteiger partial charge in [-0.25, -0.2) is 4.98 Å². The number of fused-ring (bicyclic) bond motifs is 1. The second-order valence-corrected chi connectivity index (χ2v) is 4.86. The van der Waals surface area contributed by atoms with Gasteiger partial charge in [-0.15, -0.1) is 0 Å². The van der Waals surface area contributed by atoms with Crippen LogP contribution in [0.2, 0.25) is 10.0 Å². The van der Waals surface area contributed by atoms with Crippen molar-refractivity contribution in [3.05, 3.63) is 46.1 Å². The van der Waals surface area contributed by atoms with Crippen LogP contribution in [0.4, 0.5) is 11.8 Å². The predicted molar refractivity (Wildman–Crippen MR) is 76.3 cm³/mol. The van der Waals surface area contributed by atoms with Crippen LogP contribution in [0.3, 0.4) is 0 Å². The number of pyridine rings is 1. The van der Waals surface area contributed by atoms with Crippen LogP contribution in [-0.4, -0.2) is 9.97 Å². The standard InChI is InChI=1S/C13H9Cl2N3O/c1-7-3-2-4-12(16-7)18-13-17-10-5-8(14)9(15)6-11(10)19-13/h2-6H,1H3,(H,16,17,18). The van der Waals surface area contributed by atoms with E-state index in [1.54, 1.807) is 12.1 Å². The van der Waals surface area contributed by atoms with E-state index in [1.165, 1.54) is 0 Å². The minimum atomic E-state index is 0.353. The molecule has 3 rings (SSSR count). The molecule has 0 atom stereocenters. The number of nitrogens with zero attached hydrogens (tertiary/aromatic N) is 2. The first kappa shape index (κ1) is 12.3. The van der Waals surface area contributed by atoms with Gasteiger partial charge in [0.15, 0.2) is 5.58 Å². The van der Waals surface area contributed by atoms with Gasteiger partial charge >= 0.3 is 6.01 Å². The van der Waals surface area contributed by atoms with Crippen molar-refractivity contribution < 1.29 is 4.42 Å². The maximum atomic E-state index is 5.93. The Kier molecular flexibility index (Phi) is 3.05. The molecule has 0 bridgehead atoms. The Morgan fingerprint density at radius 3 is 2.68 bits per heavy atom. The topological polar surface area (TPSA) is 51.0 Å². The van der Waals surface area contributed by atoms with Crippen molar-refractivity contribution in [1.29, 1.82) is 0 Å². The van der Waals surface area contributed by atoms with Crippen LogP contribution in [0.1, 0.15) is 5.69 Å². The lowest BCUT2D eigenvalue weighted by molar-refractivity contribution is 0.622. The van der Waals surface area contributed by atoms with Crippen LogP contribution in [0.15, 0.2) is 34.7 Å². The van der Waals surface area contributed by atoms with Crippen LogP contribution < -0.4 is 5.32 Å². The van der Waals surface area contributed by atoms with Crippen LogP contribution in [0, 0.1) is 6.92 Å². The first-order chi connectivity index (χ1) is 9.11. The first-order valence-electron chi connectivity index (χ1n) is 5.58. The average molecular weight is 294 g/mol. The van der Waals surface area contributed by atoms with Crippen molar-refractivity contribution in [2.45, 2.75) is 6.92 Å². The molecule has 1 aromatic carbocycles. The zero-order chi connectivity index (χ0) is 13.4. The predicted octanol–water partition coefficient (Wildman–Crippen LogP) is 4.58.